The first kappa shape index (κ1) is 26.2. The second-order valence-electron chi connectivity index (χ2n) is 7.71. The van der Waals surface area contributed by atoms with E-state index in [1.54, 1.807) is 0 Å². The summed E-state index contributed by atoms with van der Waals surface area (Å²) in [6.45, 7) is 4.53. The average Bonchev–Trinajstić information content (AvgIpc) is 2.69. The zero-order chi connectivity index (χ0) is 20.5. The van der Waals surface area contributed by atoms with Crippen LogP contribution >= 0.6 is 39.5 Å². The molecule has 0 saturated heterocycles. The van der Waals surface area contributed by atoms with E-state index in [9.17, 15) is 5.11 Å². The molecule has 0 aromatic heterocycles. The van der Waals surface area contributed by atoms with Crippen molar-refractivity contribution in [1.82, 2.24) is 0 Å². The summed E-state index contributed by atoms with van der Waals surface area (Å²) in [5.41, 5.74) is 2.17. The molecule has 0 fully saturated rings. The molecule has 0 saturated carbocycles. The van der Waals surface area contributed by atoms with Crippen LogP contribution in [0.2, 0.25) is 0 Å². The number of aromatic hydroxyl groups is 1. The number of benzene rings is 1. The lowest BCUT2D eigenvalue weighted by atomic mass is 10.1. The van der Waals surface area contributed by atoms with Crippen LogP contribution in [0, 0.1) is 0 Å². The van der Waals surface area contributed by atoms with E-state index in [0.29, 0.717) is 5.75 Å². The molecule has 0 amide bonds. The van der Waals surface area contributed by atoms with Crippen molar-refractivity contribution in [3.05, 3.63) is 27.7 Å². The molecule has 0 aliphatic rings. The van der Waals surface area contributed by atoms with Gasteiger partial charge in [-0.3, -0.25) is 0 Å². The molecule has 1 N–H and O–H groups in total. The molecule has 0 heterocycles. The third-order valence-corrected chi connectivity index (χ3v) is 7.67. The summed E-state index contributed by atoms with van der Waals surface area (Å²) in [6.07, 6.45) is 16.2. The van der Waals surface area contributed by atoms with Gasteiger partial charge in [0.2, 0.25) is 0 Å². The lowest BCUT2D eigenvalue weighted by molar-refractivity contribution is 0.466. The van der Waals surface area contributed by atoms with Gasteiger partial charge in [-0.2, -0.15) is 23.5 Å². The van der Waals surface area contributed by atoms with Crippen LogP contribution in [0.25, 0.3) is 0 Å². The van der Waals surface area contributed by atoms with Gasteiger partial charge in [0, 0.05) is 27.1 Å². The van der Waals surface area contributed by atoms with Crippen LogP contribution in [0.5, 0.6) is 5.75 Å². The molecule has 0 bridgehead atoms. The van der Waals surface area contributed by atoms with Crippen LogP contribution in [-0.2, 0) is 11.5 Å². The smallest absolute Gasteiger partial charge is 0.123 e. The van der Waals surface area contributed by atoms with Gasteiger partial charge in [-0.15, -0.1) is 0 Å². The Bertz CT molecular complexity index is 466. The number of phenols is 1. The molecular weight excluding hydrogens is 448 g/mol. The van der Waals surface area contributed by atoms with Crippen LogP contribution < -0.4 is 0 Å². The van der Waals surface area contributed by atoms with E-state index < -0.39 is 0 Å². The second-order valence-corrected chi connectivity index (χ2v) is 10.8. The van der Waals surface area contributed by atoms with Crippen molar-refractivity contribution in [3.63, 3.8) is 0 Å². The average molecular weight is 490 g/mol. The SMILES string of the molecule is CCCCCCCCSCc1cc(Br)cc(CSCCCCCCCC)c1O. The predicted molar refractivity (Wildman–Crippen MR) is 135 cm³/mol. The first-order chi connectivity index (χ1) is 13.7. The number of thioether (sulfide) groups is 2. The minimum Gasteiger partial charge on any atom is -0.507 e. The Hall–Kier alpha value is 0.200. The lowest BCUT2D eigenvalue weighted by Gasteiger charge is -2.11. The summed E-state index contributed by atoms with van der Waals surface area (Å²) in [5.74, 6) is 4.74. The van der Waals surface area contributed by atoms with Crippen LogP contribution in [0.1, 0.15) is 102 Å². The van der Waals surface area contributed by atoms with Crippen molar-refractivity contribution in [2.75, 3.05) is 11.5 Å². The van der Waals surface area contributed by atoms with E-state index >= 15 is 0 Å². The normalized spacial score (nSPS) is 11.2. The maximum Gasteiger partial charge on any atom is 0.123 e. The summed E-state index contributed by atoms with van der Waals surface area (Å²) in [6, 6.07) is 4.18. The second kappa shape index (κ2) is 18.0. The van der Waals surface area contributed by atoms with Crippen molar-refractivity contribution in [2.45, 2.75) is 102 Å². The molecule has 0 spiro atoms. The molecule has 0 aliphatic carbocycles. The lowest BCUT2D eigenvalue weighted by Crippen LogP contribution is -1.92. The molecule has 0 unspecified atom stereocenters. The van der Waals surface area contributed by atoms with Gasteiger partial charge in [0.15, 0.2) is 0 Å². The largest absolute Gasteiger partial charge is 0.507 e. The van der Waals surface area contributed by atoms with Gasteiger partial charge in [-0.1, -0.05) is 94.0 Å². The summed E-state index contributed by atoms with van der Waals surface area (Å²) >= 11 is 7.54. The maximum atomic E-state index is 10.7. The zero-order valence-corrected chi connectivity index (χ0v) is 21.3. The number of phenolic OH excluding ortho intramolecular Hbond substituents is 1. The van der Waals surface area contributed by atoms with Crippen molar-refractivity contribution in [2.24, 2.45) is 0 Å². The van der Waals surface area contributed by atoms with Gasteiger partial charge >= 0.3 is 0 Å². The molecule has 1 rings (SSSR count). The van der Waals surface area contributed by atoms with Crippen molar-refractivity contribution in [3.8, 4) is 5.75 Å². The Morgan fingerprint density at radius 3 is 1.50 bits per heavy atom. The number of hydrogen-bond donors (Lipinski definition) is 1. The molecule has 0 atom stereocenters. The van der Waals surface area contributed by atoms with Gasteiger partial charge in [0.05, 0.1) is 0 Å². The fraction of sp³-hybridized carbons (Fsp3) is 0.750. The fourth-order valence-electron chi connectivity index (χ4n) is 3.27. The number of hydrogen-bond acceptors (Lipinski definition) is 3. The van der Waals surface area contributed by atoms with Crippen molar-refractivity contribution >= 4 is 39.5 Å². The minimum absolute atomic E-state index is 0.522. The van der Waals surface area contributed by atoms with Crippen LogP contribution in [0.3, 0.4) is 0 Å². The topological polar surface area (TPSA) is 20.2 Å². The van der Waals surface area contributed by atoms with Gasteiger partial charge in [-0.25, -0.2) is 0 Å². The summed E-state index contributed by atoms with van der Waals surface area (Å²) < 4.78 is 1.09. The van der Waals surface area contributed by atoms with Crippen molar-refractivity contribution in [1.29, 1.82) is 0 Å². The van der Waals surface area contributed by atoms with Gasteiger partial charge in [-0.05, 0) is 36.5 Å². The Morgan fingerprint density at radius 2 is 1.07 bits per heavy atom. The van der Waals surface area contributed by atoms with Gasteiger partial charge in [0.1, 0.15) is 5.75 Å². The Balaban J connectivity index is 2.26. The molecule has 4 heteroatoms. The highest BCUT2D eigenvalue weighted by Gasteiger charge is 2.10. The summed E-state index contributed by atoms with van der Waals surface area (Å²) in [7, 11) is 0. The van der Waals surface area contributed by atoms with E-state index in [4.69, 9.17) is 0 Å². The van der Waals surface area contributed by atoms with E-state index in [0.717, 1.165) is 27.1 Å². The Kier molecular flexibility index (Phi) is 16.9. The number of rotatable bonds is 18. The molecule has 1 nitrogen and oxygen atoms in total. The first-order valence-electron chi connectivity index (χ1n) is 11.3. The third-order valence-electron chi connectivity index (χ3n) is 5.03. The molecule has 0 aliphatic heterocycles. The van der Waals surface area contributed by atoms with E-state index in [-0.39, 0.29) is 0 Å². The number of unbranched alkanes of at least 4 members (excludes halogenated alkanes) is 10. The highest BCUT2D eigenvalue weighted by atomic mass is 79.9. The molecule has 1 aromatic carbocycles. The zero-order valence-electron chi connectivity index (χ0n) is 18.1. The summed E-state index contributed by atoms with van der Waals surface area (Å²) in [4.78, 5) is 0. The number of halogens is 1. The van der Waals surface area contributed by atoms with E-state index in [2.05, 4.69) is 41.9 Å². The molecule has 0 radical (unpaired) electrons. The summed E-state index contributed by atoms with van der Waals surface area (Å²) in [5, 5.41) is 10.7. The Morgan fingerprint density at radius 1 is 0.679 bits per heavy atom. The van der Waals surface area contributed by atoms with Gasteiger partial charge < -0.3 is 5.11 Å². The predicted octanol–water partition coefficient (Wildman–Crippen LogP) is 9.34. The third kappa shape index (κ3) is 12.7. The fourth-order valence-corrected chi connectivity index (χ4v) is 5.81. The molecule has 28 heavy (non-hydrogen) atoms. The van der Waals surface area contributed by atoms with Crippen LogP contribution in [0.15, 0.2) is 16.6 Å². The van der Waals surface area contributed by atoms with Crippen molar-refractivity contribution < 1.29 is 5.11 Å². The first-order valence-corrected chi connectivity index (χ1v) is 14.4. The van der Waals surface area contributed by atoms with Crippen LogP contribution in [-0.4, -0.2) is 16.6 Å². The van der Waals surface area contributed by atoms with Gasteiger partial charge in [0.25, 0.3) is 0 Å². The molecule has 162 valence electrons. The van der Waals surface area contributed by atoms with E-state index in [1.165, 1.54) is 88.6 Å². The van der Waals surface area contributed by atoms with E-state index in [1.807, 2.05) is 23.5 Å². The highest BCUT2D eigenvalue weighted by molar-refractivity contribution is 9.10. The molecule has 1 aromatic rings. The maximum absolute atomic E-state index is 10.7. The quantitative estimate of drug-likeness (QED) is 0.207. The standard InChI is InChI=1S/C24H41BrOS2/c1-3-5-7-9-11-13-15-27-19-21-17-23(25)18-22(24(21)26)20-28-16-14-12-10-8-6-4-2/h17-18,26H,3-16,19-20H2,1-2H3. The van der Waals surface area contributed by atoms with Crippen LogP contribution in [0.4, 0.5) is 0 Å². The highest BCUT2D eigenvalue weighted by Crippen LogP contribution is 2.33. The minimum atomic E-state index is 0.522. The monoisotopic (exact) mass is 488 g/mol. The Labute approximate surface area is 191 Å². The molecular formula is C24H41BrOS2.